The Morgan fingerprint density at radius 3 is 3.10 bits per heavy atom. The van der Waals surface area contributed by atoms with Gasteiger partial charge in [-0.15, -0.1) is 0 Å². The van der Waals surface area contributed by atoms with Crippen LogP contribution in [0.3, 0.4) is 0 Å². The van der Waals surface area contributed by atoms with Gasteiger partial charge in [0, 0.05) is 30.4 Å². The second-order valence-corrected chi connectivity index (χ2v) is 5.19. The van der Waals surface area contributed by atoms with Gasteiger partial charge in [0.15, 0.2) is 0 Å². The van der Waals surface area contributed by atoms with Crippen molar-refractivity contribution >= 4 is 17.9 Å². The van der Waals surface area contributed by atoms with Gasteiger partial charge < -0.3 is 10.0 Å². The van der Waals surface area contributed by atoms with Crippen LogP contribution in [0.2, 0.25) is 0 Å². The second-order valence-electron chi connectivity index (χ2n) is 5.19. The maximum Gasteiger partial charge on any atom is 0.328 e. The SMILES string of the molecule is CCC1CCCCCN1c1ncccc1/C=C/C(=O)O. The Kier molecular flexibility index (Phi) is 5.16. The fraction of sp³-hybridized carbons (Fsp3) is 0.500. The van der Waals surface area contributed by atoms with Crippen molar-refractivity contribution in [3.05, 3.63) is 30.0 Å². The van der Waals surface area contributed by atoms with Crippen LogP contribution in [0.4, 0.5) is 5.82 Å². The van der Waals surface area contributed by atoms with Crippen molar-refractivity contribution < 1.29 is 9.90 Å². The zero-order valence-electron chi connectivity index (χ0n) is 12.0. The van der Waals surface area contributed by atoms with Gasteiger partial charge in [0.2, 0.25) is 0 Å². The van der Waals surface area contributed by atoms with Crippen molar-refractivity contribution in [3.63, 3.8) is 0 Å². The highest BCUT2D eigenvalue weighted by molar-refractivity contribution is 5.86. The molecule has 2 heterocycles. The van der Waals surface area contributed by atoms with Crippen LogP contribution in [-0.4, -0.2) is 28.6 Å². The first-order valence-electron chi connectivity index (χ1n) is 7.35. The Morgan fingerprint density at radius 1 is 1.50 bits per heavy atom. The molecule has 0 bridgehead atoms. The monoisotopic (exact) mass is 274 g/mol. The van der Waals surface area contributed by atoms with Gasteiger partial charge in [-0.2, -0.15) is 0 Å². The molecule has 1 atom stereocenters. The maximum atomic E-state index is 10.7. The van der Waals surface area contributed by atoms with E-state index in [1.165, 1.54) is 31.8 Å². The summed E-state index contributed by atoms with van der Waals surface area (Å²) in [5.41, 5.74) is 0.884. The number of anilines is 1. The molecule has 0 radical (unpaired) electrons. The van der Waals surface area contributed by atoms with E-state index in [4.69, 9.17) is 5.11 Å². The molecule has 4 heteroatoms. The quantitative estimate of drug-likeness (QED) is 0.856. The highest BCUT2D eigenvalue weighted by Gasteiger charge is 2.22. The lowest BCUT2D eigenvalue weighted by atomic mass is 10.1. The first kappa shape index (κ1) is 14.6. The molecule has 0 spiro atoms. The number of carboxylic acids is 1. The molecule has 20 heavy (non-hydrogen) atoms. The zero-order chi connectivity index (χ0) is 14.4. The van der Waals surface area contributed by atoms with E-state index < -0.39 is 5.97 Å². The van der Waals surface area contributed by atoms with Crippen molar-refractivity contribution in [1.29, 1.82) is 0 Å². The van der Waals surface area contributed by atoms with E-state index >= 15 is 0 Å². The molecule has 1 aliphatic heterocycles. The largest absolute Gasteiger partial charge is 0.478 e. The Hall–Kier alpha value is -1.84. The van der Waals surface area contributed by atoms with Gasteiger partial charge in [-0.05, 0) is 37.5 Å². The lowest BCUT2D eigenvalue weighted by molar-refractivity contribution is -0.131. The average Bonchev–Trinajstić information content (AvgIpc) is 2.70. The van der Waals surface area contributed by atoms with E-state index in [-0.39, 0.29) is 0 Å². The van der Waals surface area contributed by atoms with E-state index in [1.807, 2.05) is 12.1 Å². The Morgan fingerprint density at radius 2 is 2.35 bits per heavy atom. The molecule has 1 N–H and O–H groups in total. The smallest absolute Gasteiger partial charge is 0.328 e. The first-order valence-corrected chi connectivity index (χ1v) is 7.35. The number of hydrogen-bond acceptors (Lipinski definition) is 3. The minimum Gasteiger partial charge on any atom is -0.478 e. The van der Waals surface area contributed by atoms with Crippen LogP contribution in [0.25, 0.3) is 6.08 Å². The zero-order valence-corrected chi connectivity index (χ0v) is 12.0. The maximum absolute atomic E-state index is 10.7. The molecule has 1 aliphatic rings. The lowest BCUT2D eigenvalue weighted by Crippen LogP contribution is -2.35. The van der Waals surface area contributed by atoms with Gasteiger partial charge in [0.05, 0.1) is 0 Å². The first-order chi connectivity index (χ1) is 9.72. The van der Waals surface area contributed by atoms with E-state index in [0.717, 1.165) is 24.3 Å². The summed E-state index contributed by atoms with van der Waals surface area (Å²) in [5, 5.41) is 8.80. The fourth-order valence-corrected chi connectivity index (χ4v) is 2.82. The molecule has 2 rings (SSSR count). The van der Waals surface area contributed by atoms with Crippen molar-refractivity contribution in [3.8, 4) is 0 Å². The molecule has 1 fully saturated rings. The van der Waals surface area contributed by atoms with Gasteiger partial charge in [-0.3, -0.25) is 0 Å². The number of hydrogen-bond donors (Lipinski definition) is 1. The van der Waals surface area contributed by atoms with Gasteiger partial charge in [-0.1, -0.05) is 19.8 Å². The Labute approximate surface area is 120 Å². The number of aromatic nitrogens is 1. The van der Waals surface area contributed by atoms with Crippen LogP contribution in [0.1, 0.15) is 44.6 Å². The molecule has 1 unspecified atom stereocenters. The third kappa shape index (κ3) is 3.59. The molecule has 0 aromatic carbocycles. The van der Waals surface area contributed by atoms with Crippen molar-refractivity contribution in [1.82, 2.24) is 4.98 Å². The molecular formula is C16H22N2O2. The van der Waals surface area contributed by atoms with Gasteiger partial charge in [-0.25, -0.2) is 9.78 Å². The number of aliphatic carboxylic acids is 1. The van der Waals surface area contributed by atoms with E-state index in [1.54, 1.807) is 12.3 Å². The molecule has 1 aromatic rings. The highest BCUT2D eigenvalue weighted by atomic mass is 16.4. The molecule has 0 aliphatic carbocycles. The van der Waals surface area contributed by atoms with E-state index in [0.29, 0.717) is 6.04 Å². The van der Waals surface area contributed by atoms with Crippen molar-refractivity contribution in [2.45, 2.75) is 45.1 Å². The number of pyridine rings is 1. The van der Waals surface area contributed by atoms with E-state index in [9.17, 15) is 4.79 Å². The standard InChI is InChI=1S/C16H22N2O2/c1-2-14-8-4-3-5-12-18(14)16-13(7-6-11-17-16)9-10-15(19)20/h6-7,9-11,14H,2-5,8,12H2,1H3,(H,19,20)/b10-9+. The molecule has 0 saturated carbocycles. The van der Waals surface area contributed by atoms with Gasteiger partial charge >= 0.3 is 5.97 Å². The molecule has 1 aromatic heterocycles. The van der Waals surface area contributed by atoms with Crippen LogP contribution in [0, 0.1) is 0 Å². The fourth-order valence-electron chi connectivity index (χ4n) is 2.82. The molecular weight excluding hydrogens is 252 g/mol. The highest BCUT2D eigenvalue weighted by Crippen LogP contribution is 2.27. The van der Waals surface area contributed by atoms with Crippen LogP contribution in [0.5, 0.6) is 0 Å². The normalized spacial score (nSPS) is 20.1. The molecule has 4 nitrogen and oxygen atoms in total. The number of carbonyl (C=O) groups is 1. The van der Waals surface area contributed by atoms with Crippen molar-refractivity contribution in [2.75, 3.05) is 11.4 Å². The summed E-state index contributed by atoms with van der Waals surface area (Å²) in [7, 11) is 0. The topological polar surface area (TPSA) is 53.4 Å². The molecule has 108 valence electrons. The minimum absolute atomic E-state index is 0.504. The predicted molar refractivity (Wildman–Crippen MR) is 80.8 cm³/mol. The number of carboxylic acid groups (broad SMARTS) is 1. The Bertz CT molecular complexity index is 485. The summed E-state index contributed by atoms with van der Waals surface area (Å²) in [5.74, 6) is -0.0125. The molecule has 0 amide bonds. The van der Waals surface area contributed by atoms with Crippen LogP contribution in [0.15, 0.2) is 24.4 Å². The number of rotatable bonds is 4. The Balaban J connectivity index is 2.31. The third-order valence-corrected chi connectivity index (χ3v) is 3.84. The minimum atomic E-state index is -0.928. The van der Waals surface area contributed by atoms with Crippen LogP contribution in [-0.2, 0) is 4.79 Å². The average molecular weight is 274 g/mol. The summed E-state index contributed by atoms with van der Waals surface area (Å²) < 4.78 is 0. The second kappa shape index (κ2) is 7.08. The third-order valence-electron chi connectivity index (χ3n) is 3.84. The van der Waals surface area contributed by atoms with Gasteiger partial charge in [0.1, 0.15) is 5.82 Å². The van der Waals surface area contributed by atoms with Crippen molar-refractivity contribution in [2.24, 2.45) is 0 Å². The summed E-state index contributed by atoms with van der Waals surface area (Å²) in [4.78, 5) is 17.6. The summed E-state index contributed by atoms with van der Waals surface area (Å²) in [6.07, 6.45) is 10.6. The lowest BCUT2D eigenvalue weighted by Gasteiger charge is -2.31. The summed E-state index contributed by atoms with van der Waals surface area (Å²) in [6.45, 7) is 3.21. The van der Waals surface area contributed by atoms with Crippen LogP contribution >= 0.6 is 0 Å². The molecule has 1 saturated heterocycles. The van der Waals surface area contributed by atoms with Crippen LogP contribution < -0.4 is 4.90 Å². The summed E-state index contributed by atoms with van der Waals surface area (Å²) in [6, 6.07) is 4.28. The van der Waals surface area contributed by atoms with E-state index in [2.05, 4.69) is 16.8 Å². The summed E-state index contributed by atoms with van der Waals surface area (Å²) >= 11 is 0. The number of nitrogens with zero attached hydrogens (tertiary/aromatic N) is 2. The predicted octanol–water partition coefficient (Wildman–Crippen LogP) is 3.34. The van der Waals surface area contributed by atoms with Gasteiger partial charge in [0.25, 0.3) is 0 Å².